The van der Waals surface area contributed by atoms with E-state index in [-0.39, 0.29) is 0 Å². The Balaban J connectivity index is 1.49. The lowest BCUT2D eigenvalue weighted by molar-refractivity contribution is 0.248. The van der Waals surface area contributed by atoms with Crippen molar-refractivity contribution in [3.63, 3.8) is 0 Å². The van der Waals surface area contributed by atoms with Gasteiger partial charge in [0.05, 0.1) is 26.7 Å². The van der Waals surface area contributed by atoms with E-state index >= 15 is 0 Å². The molecule has 0 unspecified atom stereocenters. The van der Waals surface area contributed by atoms with E-state index in [0.717, 1.165) is 54.8 Å². The van der Waals surface area contributed by atoms with Gasteiger partial charge in [0.2, 0.25) is 5.75 Å². The maximum absolute atomic E-state index is 5.49. The number of piperazine rings is 1. The predicted molar refractivity (Wildman–Crippen MR) is 120 cm³/mol. The third kappa shape index (κ3) is 3.89. The molecule has 0 atom stereocenters. The zero-order valence-corrected chi connectivity index (χ0v) is 19.0. The summed E-state index contributed by atoms with van der Waals surface area (Å²) in [4.78, 5) is 15.3. The zero-order valence-electron chi connectivity index (χ0n) is 18.2. The van der Waals surface area contributed by atoms with Crippen molar-refractivity contribution < 1.29 is 14.2 Å². The number of aryl methyl sites for hydroxylation is 2. The van der Waals surface area contributed by atoms with Crippen LogP contribution in [0.3, 0.4) is 0 Å². The van der Waals surface area contributed by atoms with Gasteiger partial charge in [-0.05, 0) is 42.5 Å². The Kier molecular flexibility index (Phi) is 5.97. The number of nitrogens with zero attached hydrogens (tertiary/aromatic N) is 4. The number of rotatable bonds is 6. The number of fused-ring (bicyclic) bond motifs is 1. The van der Waals surface area contributed by atoms with E-state index in [1.165, 1.54) is 10.9 Å². The molecular formula is C22H28N4O3S. The summed E-state index contributed by atoms with van der Waals surface area (Å²) in [7, 11) is 4.92. The molecule has 3 aromatic rings. The Morgan fingerprint density at radius 3 is 2.20 bits per heavy atom. The summed E-state index contributed by atoms with van der Waals surface area (Å²) in [6.07, 6.45) is 0. The van der Waals surface area contributed by atoms with Crippen LogP contribution in [-0.4, -0.2) is 62.4 Å². The van der Waals surface area contributed by atoms with Crippen LogP contribution in [0.1, 0.15) is 17.0 Å². The van der Waals surface area contributed by atoms with Crippen molar-refractivity contribution in [1.82, 2.24) is 14.9 Å². The molecule has 1 aromatic carbocycles. The molecule has 1 aliphatic heterocycles. The number of aromatic nitrogens is 2. The summed E-state index contributed by atoms with van der Waals surface area (Å²) in [6, 6.07) is 4.06. The Labute approximate surface area is 181 Å². The van der Waals surface area contributed by atoms with E-state index in [0.29, 0.717) is 17.2 Å². The lowest BCUT2D eigenvalue weighted by Crippen LogP contribution is -2.46. The Morgan fingerprint density at radius 1 is 0.933 bits per heavy atom. The van der Waals surface area contributed by atoms with Crippen molar-refractivity contribution in [3.8, 4) is 17.2 Å². The molecule has 1 saturated heterocycles. The summed E-state index contributed by atoms with van der Waals surface area (Å²) in [5.74, 6) is 3.92. The average molecular weight is 429 g/mol. The number of benzene rings is 1. The monoisotopic (exact) mass is 428 g/mol. The van der Waals surface area contributed by atoms with E-state index in [9.17, 15) is 0 Å². The van der Waals surface area contributed by atoms with E-state index in [2.05, 4.69) is 27.1 Å². The molecule has 0 spiro atoms. The SMILES string of the molecule is COc1cc(CN2CCN(c3nc(C)nc4scc(C)c34)CC2)cc(OC)c1OC. The molecule has 1 fully saturated rings. The second-order valence-electron chi connectivity index (χ2n) is 7.49. The van der Waals surface area contributed by atoms with Crippen LogP contribution in [0.2, 0.25) is 0 Å². The number of hydrogen-bond donors (Lipinski definition) is 0. The van der Waals surface area contributed by atoms with Crippen LogP contribution in [0.4, 0.5) is 5.82 Å². The fraction of sp³-hybridized carbons (Fsp3) is 0.455. The summed E-state index contributed by atoms with van der Waals surface area (Å²) < 4.78 is 16.4. The molecule has 2 aromatic heterocycles. The minimum absolute atomic E-state index is 0.628. The van der Waals surface area contributed by atoms with Crippen LogP contribution in [0, 0.1) is 13.8 Å². The number of anilines is 1. The zero-order chi connectivity index (χ0) is 21.3. The van der Waals surface area contributed by atoms with Gasteiger partial charge in [0.15, 0.2) is 11.5 Å². The maximum atomic E-state index is 5.49. The first kappa shape index (κ1) is 20.7. The first-order valence-corrected chi connectivity index (χ1v) is 10.9. The molecule has 0 radical (unpaired) electrons. The second kappa shape index (κ2) is 8.65. The van der Waals surface area contributed by atoms with Gasteiger partial charge in [0.25, 0.3) is 0 Å². The van der Waals surface area contributed by atoms with Gasteiger partial charge in [0.1, 0.15) is 16.5 Å². The van der Waals surface area contributed by atoms with Crippen molar-refractivity contribution in [1.29, 1.82) is 0 Å². The topological polar surface area (TPSA) is 60.0 Å². The van der Waals surface area contributed by atoms with Crippen LogP contribution < -0.4 is 19.1 Å². The van der Waals surface area contributed by atoms with Gasteiger partial charge < -0.3 is 19.1 Å². The van der Waals surface area contributed by atoms with Gasteiger partial charge >= 0.3 is 0 Å². The fourth-order valence-electron chi connectivity index (χ4n) is 4.00. The molecule has 30 heavy (non-hydrogen) atoms. The Hall–Kier alpha value is -2.58. The third-order valence-corrected chi connectivity index (χ3v) is 6.50. The maximum Gasteiger partial charge on any atom is 0.203 e. The molecule has 8 heteroatoms. The van der Waals surface area contributed by atoms with Crippen molar-refractivity contribution in [2.75, 3.05) is 52.4 Å². The average Bonchev–Trinajstić information content (AvgIpc) is 3.13. The van der Waals surface area contributed by atoms with Crippen LogP contribution in [-0.2, 0) is 6.54 Å². The second-order valence-corrected chi connectivity index (χ2v) is 8.35. The summed E-state index contributed by atoms with van der Waals surface area (Å²) in [6.45, 7) is 8.74. The van der Waals surface area contributed by atoms with Crippen molar-refractivity contribution in [2.24, 2.45) is 0 Å². The highest BCUT2D eigenvalue weighted by molar-refractivity contribution is 7.17. The molecule has 1 aliphatic rings. The molecule has 0 bridgehead atoms. The van der Waals surface area contributed by atoms with Crippen molar-refractivity contribution >= 4 is 27.4 Å². The van der Waals surface area contributed by atoms with Crippen LogP contribution in [0.5, 0.6) is 17.2 Å². The number of methoxy groups -OCH3 is 3. The van der Waals surface area contributed by atoms with Crippen LogP contribution >= 0.6 is 11.3 Å². The summed E-state index contributed by atoms with van der Waals surface area (Å²) in [5, 5.41) is 3.37. The minimum Gasteiger partial charge on any atom is -0.493 e. The van der Waals surface area contributed by atoms with Gasteiger partial charge in [0, 0.05) is 32.7 Å². The molecule has 3 heterocycles. The molecule has 7 nitrogen and oxygen atoms in total. The van der Waals surface area contributed by atoms with E-state index in [4.69, 9.17) is 19.2 Å². The third-order valence-electron chi connectivity index (χ3n) is 5.51. The number of thiophene rings is 1. The molecule has 0 amide bonds. The smallest absolute Gasteiger partial charge is 0.203 e. The van der Waals surface area contributed by atoms with Gasteiger partial charge in [-0.25, -0.2) is 9.97 Å². The lowest BCUT2D eigenvalue weighted by atomic mass is 10.1. The van der Waals surface area contributed by atoms with Gasteiger partial charge in [-0.15, -0.1) is 11.3 Å². The molecule has 160 valence electrons. The Morgan fingerprint density at radius 2 is 1.60 bits per heavy atom. The van der Waals surface area contributed by atoms with Crippen molar-refractivity contribution in [2.45, 2.75) is 20.4 Å². The number of hydrogen-bond acceptors (Lipinski definition) is 8. The largest absolute Gasteiger partial charge is 0.493 e. The highest BCUT2D eigenvalue weighted by Crippen LogP contribution is 2.38. The Bertz CT molecular complexity index is 1020. The van der Waals surface area contributed by atoms with Crippen LogP contribution in [0.25, 0.3) is 10.2 Å². The molecule has 0 aliphatic carbocycles. The number of ether oxygens (including phenoxy) is 3. The normalized spacial score (nSPS) is 14.9. The fourth-order valence-corrected chi connectivity index (χ4v) is 4.96. The lowest BCUT2D eigenvalue weighted by Gasteiger charge is -2.36. The van der Waals surface area contributed by atoms with Gasteiger partial charge in [-0.3, -0.25) is 4.90 Å². The van der Waals surface area contributed by atoms with Crippen molar-refractivity contribution in [3.05, 3.63) is 34.5 Å². The van der Waals surface area contributed by atoms with Gasteiger partial charge in [-0.2, -0.15) is 0 Å². The quantitative estimate of drug-likeness (QED) is 0.594. The van der Waals surface area contributed by atoms with E-state index < -0.39 is 0 Å². The first-order chi connectivity index (χ1) is 14.5. The van der Waals surface area contributed by atoms with Crippen LogP contribution in [0.15, 0.2) is 17.5 Å². The highest BCUT2D eigenvalue weighted by Gasteiger charge is 2.23. The van der Waals surface area contributed by atoms with Gasteiger partial charge in [-0.1, -0.05) is 0 Å². The standard InChI is InChI=1S/C22H28N4O3S/c1-14-13-30-22-19(14)21(23-15(2)24-22)26-8-6-25(7-9-26)12-16-10-17(27-3)20(29-5)18(11-16)28-4/h10-11,13H,6-9,12H2,1-5H3. The first-order valence-electron chi connectivity index (χ1n) is 10.0. The summed E-state index contributed by atoms with van der Waals surface area (Å²) >= 11 is 1.70. The summed E-state index contributed by atoms with van der Waals surface area (Å²) in [5.41, 5.74) is 2.40. The van der Waals surface area contributed by atoms with E-state index in [1.807, 2.05) is 19.1 Å². The van der Waals surface area contributed by atoms with E-state index in [1.54, 1.807) is 32.7 Å². The molecule has 0 N–H and O–H groups in total. The minimum atomic E-state index is 0.628. The predicted octanol–water partition coefficient (Wildman–Crippen LogP) is 3.66. The highest BCUT2D eigenvalue weighted by atomic mass is 32.1. The molecule has 0 saturated carbocycles. The molecule has 4 rings (SSSR count). The molecular weight excluding hydrogens is 400 g/mol.